The fourth-order valence-corrected chi connectivity index (χ4v) is 1.87. The topological polar surface area (TPSA) is 142 Å². The number of amides is 2. The number of carbonyl (C=O) groups excluding carboxylic acids is 2. The number of carbonyl (C=O) groups is 2. The Morgan fingerprint density at radius 2 is 1.65 bits per heavy atom. The number of phenolic OH excluding ortho intramolecular Hbond substituents is 1. The number of nitrogens with one attached hydrogen (secondary N) is 2. The molecule has 2 aromatic carbocycles. The molecule has 2 aromatic rings. The zero-order valence-corrected chi connectivity index (χ0v) is 11.5. The molecule has 0 aliphatic carbocycles. The summed E-state index contributed by atoms with van der Waals surface area (Å²) in [6, 6.07) is 8.87. The van der Waals surface area contributed by atoms with Crippen LogP contribution in [0.2, 0.25) is 0 Å². The Morgan fingerprint density at radius 3 is 2.17 bits per heavy atom. The highest BCUT2D eigenvalue weighted by atomic mass is 16.6. The number of anilines is 1. The Balaban J connectivity index is 2.30. The molecule has 0 spiro atoms. The summed E-state index contributed by atoms with van der Waals surface area (Å²) in [5.74, 6) is -2.09. The van der Waals surface area contributed by atoms with Crippen LogP contribution in [0.3, 0.4) is 0 Å². The zero-order chi connectivity index (χ0) is 17.0. The summed E-state index contributed by atoms with van der Waals surface area (Å²) in [6.45, 7) is 0. The van der Waals surface area contributed by atoms with Crippen molar-refractivity contribution in [1.29, 1.82) is 0 Å². The van der Waals surface area contributed by atoms with Gasteiger partial charge in [-0.05, 0) is 18.2 Å². The lowest BCUT2D eigenvalue weighted by Crippen LogP contribution is -2.23. The third-order valence-electron chi connectivity index (χ3n) is 2.96. The minimum Gasteiger partial charge on any atom is -0.506 e. The standard InChI is InChI=1S/C14H11N3O6/c18-12-7-8(17(22)23)5-6-11(12)15-13(19)9-3-1-2-4-10(9)14(20)16-21/h1-7,18,21H,(H,15,19)(H,16,20). The van der Waals surface area contributed by atoms with Crippen LogP contribution in [0.15, 0.2) is 42.5 Å². The molecule has 2 rings (SSSR count). The van der Waals surface area contributed by atoms with Gasteiger partial charge in [-0.25, -0.2) is 5.48 Å². The van der Waals surface area contributed by atoms with Crippen LogP contribution < -0.4 is 10.8 Å². The molecule has 9 nitrogen and oxygen atoms in total. The monoisotopic (exact) mass is 317 g/mol. The molecule has 0 aromatic heterocycles. The largest absolute Gasteiger partial charge is 0.506 e. The van der Waals surface area contributed by atoms with Crippen molar-refractivity contribution < 1.29 is 24.8 Å². The van der Waals surface area contributed by atoms with Gasteiger partial charge in [-0.1, -0.05) is 12.1 Å². The van der Waals surface area contributed by atoms with Gasteiger partial charge in [0.05, 0.1) is 27.8 Å². The summed E-state index contributed by atoms with van der Waals surface area (Å²) < 4.78 is 0. The van der Waals surface area contributed by atoms with Crippen LogP contribution in [-0.4, -0.2) is 27.1 Å². The number of nitro groups is 1. The molecular formula is C14H11N3O6. The first-order chi connectivity index (χ1) is 10.9. The molecule has 0 aliphatic heterocycles. The minimum absolute atomic E-state index is 0.0446. The van der Waals surface area contributed by atoms with Crippen LogP contribution in [0.5, 0.6) is 5.75 Å². The van der Waals surface area contributed by atoms with Gasteiger partial charge in [0.2, 0.25) is 0 Å². The summed E-state index contributed by atoms with van der Waals surface area (Å²) >= 11 is 0. The lowest BCUT2D eigenvalue weighted by Gasteiger charge is -2.10. The predicted octanol–water partition coefficient (Wildman–Crippen LogP) is 1.67. The van der Waals surface area contributed by atoms with Crippen molar-refractivity contribution in [1.82, 2.24) is 5.48 Å². The average Bonchev–Trinajstić information content (AvgIpc) is 2.55. The molecule has 2 amide bonds. The van der Waals surface area contributed by atoms with Gasteiger partial charge < -0.3 is 10.4 Å². The SMILES string of the molecule is O=C(NO)c1ccccc1C(=O)Nc1ccc([N+](=O)[O-])cc1O. The number of benzene rings is 2. The number of nitrogens with zero attached hydrogens (tertiary/aromatic N) is 1. The van der Waals surface area contributed by atoms with Crippen LogP contribution in [0.4, 0.5) is 11.4 Å². The molecule has 9 heteroatoms. The predicted molar refractivity (Wildman–Crippen MR) is 78.4 cm³/mol. The maximum Gasteiger partial charge on any atom is 0.275 e. The number of hydrogen-bond acceptors (Lipinski definition) is 6. The highest BCUT2D eigenvalue weighted by molar-refractivity contribution is 6.12. The third kappa shape index (κ3) is 3.41. The Hall–Kier alpha value is -3.46. The quantitative estimate of drug-likeness (QED) is 0.292. The van der Waals surface area contributed by atoms with Crippen LogP contribution in [0.25, 0.3) is 0 Å². The third-order valence-corrected chi connectivity index (χ3v) is 2.96. The molecule has 0 fully saturated rings. The number of nitro benzene ring substituents is 1. The van der Waals surface area contributed by atoms with Crippen LogP contribution >= 0.6 is 0 Å². The van der Waals surface area contributed by atoms with Gasteiger partial charge in [0.15, 0.2) is 0 Å². The Bertz CT molecular complexity index is 790. The molecule has 0 heterocycles. The minimum atomic E-state index is -0.872. The van der Waals surface area contributed by atoms with E-state index >= 15 is 0 Å². The van der Waals surface area contributed by atoms with Crippen molar-refractivity contribution in [3.8, 4) is 5.75 Å². The molecule has 0 radical (unpaired) electrons. The maximum atomic E-state index is 12.2. The number of non-ortho nitro benzene ring substituents is 1. The molecular weight excluding hydrogens is 306 g/mol. The summed E-state index contributed by atoms with van der Waals surface area (Å²) in [5, 5.41) is 31.3. The second-order valence-corrected chi connectivity index (χ2v) is 4.40. The van der Waals surface area contributed by atoms with Gasteiger partial charge in [-0.2, -0.15) is 0 Å². The van der Waals surface area contributed by atoms with E-state index in [1.807, 2.05) is 0 Å². The van der Waals surface area contributed by atoms with Crippen molar-refractivity contribution in [2.75, 3.05) is 5.32 Å². The van der Waals surface area contributed by atoms with E-state index in [9.17, 15) is 24.8 Å². The van der Waals surface area contributed by atoms with Crippen molar-refractivity contribution in [2.45, 2.75) is 0 Å². The van der Waals surface area contributed by atoms with Crippen molar-refractivity contribution in [2.24, 2.45) is 0 Å². The van der Waals surface area contributed by atoms with Crippen molar-refractivity contribution in [3.05, 3.63) is 63.7 Å². The number of aromatic hydroxyl groups is 1. The smallest absolute Gasteiger partial charge is 0.275 e. The first-order valence-corrected chi connectivity index (χ1v) is 6.26. The first kappa shape index (κ1) is 15.9. The zero-order valence-electron chi connectivity index (χ0n) is 11.5. The van der Waals surface area contributed by atoms with E-state index < -0.39 is 22.5 Å². The number of hydrogen-bond donors (Lipinski definition) is 4. The second-order valence-electron chi connectivity index (χ2n) is 4.40. The summed E-state index contributed by atoms with van der Waals surface area (Å²) in [4.78, 5) is 33.6. The van der Waals surface area contributed by atoms with Gasteiger partial charge >= 0.3 is 0 Å². The van der Waals surface area contributed by atoms with E-state index in [-0.39, 0.29) is 22.5 Å². The molecule has 118 valence electrons. The summed E-state index contributed by atoms with van der Waals surface area (Å²) in [5.41, 5.74) is 0.920. The van der Waals surface area contributed by atoms with E-state index in [0.717, 1.165) is 12.1 Å². The van der Waals surface area contributed by atoms with Gasteiger partial charge in [-0.15, -0.1) is 0 Å². The van der Waals surface area contributed by atoms with Gasteiger partial charge in [-0.3, -0.25) is 24.9 Å². The molecule has 0 aliphatic rings. The van der Waals surface area contributed by atoms with E-state index in [1.54, 1.807) is 0 Å². The van der Waals surface area contributed by atoms with Crippen molar-refractivity contribution in [3.63, 3.8) is 0 Å². The van der Waals surface area contributed by atoms with Gasteiger partial charge in [0.25, 0.3) is 17.5 Å². The van der Waals surface area contributed by atoms with Crippen LogP contribution in [0.1, 0.15) is 20.7 Å². The molecule has 0 unspecified atom stereocenters. The molecule has 23 heavy (non-hydrogen) atoms. The Labute approximate surface area is 129 Å². The van der Waals surface area contributed by atoms with Crippen molar-refractivity contribution >= 4 is 23.2 Å². The number of rotatable bonds is 4. The molecule has 0 saturated carbocycles. The number of phenols is 1. The van der Waals surface area contributed by atoms with Gasteiger partial charge in [0.1, 0.15) is 5.75 Å². The van der Waals surface area contributed by atoms with E-state index in [2.05, 4.69) is 5.32 Å². The second kappa shape index (κ2) is 6.54. The highest BCUT2D eigenvalue weighted by Gasteiger charge is 2.18. The van der Waals surface area contributed by atoms with E-state index in [4.69, 9.17) is 5.21 Å². The van der Waals surface area contributed by atoms with Crippen LogP contribution in [0, 0.1) is 10.1 Å². The van der Waals surface area contributed by atoms with E-state index in [1.165, 1.54) is 35.8 Å². The van der Waals surface area contributed by atoms with Gasteiger partial charge in [0, 0.05) is 6.07 Å². The number of hydroxylamine groups is 1. The van der Waals surface area contributed by atoms with E-state index in [0.29, 0.717) is 0 Å². The maximum absolute atomic E-state index is 12.2. The summed E-state index contributed by atoms with van der Waals surface area (Å²) in [7, 11) is 0. The fourth-order valence-electron chi connectivity index (χ4n) is 1.87. The lowest BCUT2D eigenvalue weighted by molar-refractivity contribution is -0.384. The van der Waals surface area contributed by atoms with Crippen LogP contribution in [-0.2, 0) is 0 Å². The highest BCUT2D eigenvalue weighted by Crippen LogP contribution is 2.28. The first-order valence-electron chi connectivity index (χ1n) is 6.26. The Kier molecular flexibility index (Phi) is 4.52. The molecule has 0 atom stereocenters. The Morgan fingerprint density at radius 1 is 1.04 bits per heavy atom. The normalized spacial score (nSPS) is 9.96. The average molecular weight is 317 g/mol. The summed E-state index contributed by atoms with van der Waals surface area (Å²) in [6.07, 6.45) is 0. The fraction of sp³-hybridized carbons (Fsp3) is 0. The molecule has 0 bridgehead atoms. The molecule has 0 saturated heterocycles. The lowest BCUT2D eigenvalue weighted by atomic mass is 10.1. The molecule has 4 N–H and O–H groups in total.